The Morgan fingerprint density at radius 2 is 1.87 bits per heavy atom. The van der Waals surface area contributed by atoms with Crippen LogP contribution in [0.1, 0.15) is 19.4 Å². The third-order valence-corrected chi connectivity index (χ3v) is 2.06. The van der Waals surface area contributed by atoms with Gasteiger partial charge in [0, 0.05) is 11.7 Å². The average molecular weight is 238 g/mol. The van der Waals surface area contributed by atoms with Gasteiger partial charge in [-0.25, -0.2) is 0 Å². The second-order valence-electron chi connectivity index (χ2n) is 3.49. The van der Waals surface area contributed by atoms with E-state index in [-0.39, 0.29) is 11.1 Å². The molecule has 1 aromatic carbocycles. The zero-order valence-electron chi connectivity index (χ0n) is 8.32. The highest BCUT2D eigenvalue weighted by atomic mass is 35.5. The minimum atomic E-state index is -4.41. The third kappa shape index (κ3) is 3.30. The predicted octanol–water partition coefficient (Wildman–Crippen LogP) is 4.18. The highest BCUT2D eigenvalue weighted by Gasteiger charge is 2.33. The molecule has 0 saturated carbocycles. The van der Waals surface area contributed by atoms with Crippen molar-refractivity contribution >= 4 is 17.3 Å². The van der Waals surface area contributed by atoms with E-state index in [9.17, 15) is 13.2 Å². The van der Waals surface area contributed by atoms with Crippen LogP contribution in [0.3, 0.4) is 0 Å². The van der Waals surface area contributed by atoms with Crippen molar-refractivity contribution in [3.63, 3.8) is 0 Å². The quantitative estimate of drug-likeness (QED) is 0.814. The second-order valence-corrected chi connectivity index (χ2v) is 3.90. The summed E-state index contributed by atoms with van der Waals surface area (Å²) in [6, 6.07) is 3.86. The smallest absolute Gasteiger partial charge is 0.383 e. The average Bonchev–Trinajstić information content (AvgIpc) is 2.05. The number of anilines is 1. The number of benzene rings is 1. The molecule has 0 spiro atoms. The van der Waals surface area contributed by atoms with Crippen LogP contribution in [0.4, 0.5) is 18.9 Å². The zero-order valence-corrected chi connectivity index (χ0v) is 9.08. The van der Waals surface area contributed by atoms with Crippen molar-refractivity contribution in [3.8, 4) is 0 Å². The molecule has 0 unspecified atom stereocenters. The maximum atomic E-state index is 12.5. The summed E-state index contributed by atoms with van der Waals surface area (Å²) >= 11 is 5.47. The van der Waals surface area contributed by atoms with E-state index in [1.165, 1.54) is 12.1 Å². The molecule has 1 aromatic rings. The molecule has 0 heterocycles. The molecule has 15 heavy (non-hydrogen) atoms. The Hall–Kier alpha value is -0.900. The van der Waals surface area contributed by atoms with Crippen LogP contribution in [-0.4, -0.2) is 6.04 Å². The van der Waals surface area contributed by atoms with Gasteiger partial charge in [0.25, 0.3) is 0 Å². The molecule has 0 aliphatic rings. The van der Waals surface area contributed by atoms with Crippen molar-refractivity contribution in [3.05, 3.63) is 28.8 Å². The van der Waals surface area contributed by atoms with Crippen LogP contribution >= 0.6 is 11.6 Å². The number of rotatable bonds is 2. The van der Waals surface area contributed by atoms with Crippen LogP contribution in [0.5, 0.6) is 0 Å². The van der Waals surface area contributed by atoms with E-state index >= 15 is 0 Å². The first-order valence-electron chi connectivity index (χ1n) is 4.44. The first-order chi connectivity index (χ1) is 6.80. The van der Waals surface area contributed by atoms with E-state index in [1.807, 2.05) is 13.8 Å². The van der Waals surface area contributed by atoms with E-state index in [4.69, 9.17) is 11.6 Å². The monoisotopic (exact) mass is 237 g/mol. The van der Waals surface area contributed by atoms with Crippen molar-refractivity contribution in [1.82, 2.24) is 0 Å². The highest BCUT2D eigenvalue weighted by Crippen LogP contribution is 2.36. The Balaban J connectivity index is 3.06. The van der Waals surface area contributed by atoms with Crippen molar-refractivity contribution in [2.45, 2.75) is 26.1 Å². The Morgan fingerprint density at radius 3 is 2.33 bits per heavy atom. The van der Waals surface area contributed by atoms with E-state index in [2.05, 4.69) is 5.32 Å². The van der Waals surface area contributed by atoms with E-state index in [1.54, 1.807) is 0 Å². The summed E-state index contributed by atoms with van der Waals surface area (Å²) in [4.78, 5) is 0. The lowest BCUT2D eigenvalue weighted by Crippen LogP contribution is -2.12. The van der Waals surface area contributed by atoms with Gasteiger partial charge in [-0.2, -0.15) is 13.2 Å². The van der Waals surface area contributed by atoms with Gasteiger partial charge in [0.1, 0.15) is 0 Å². The third-order valence-electron chi connectivity index (χ3n) is 1.73. The lowest BCUT2D eigenvalue weighted by atomic mass is 10.2. The fourth-order valence-corrected chi connectivity index (χ4v) is 1.39. The molecule has 1 N–H and O–H groups in total. The largest absolute Gasteiger partial charge is 0.417 e. The molecule has 0 aromatic heterocycles. The van der Waals surface area contributed by atoms with Crippen LogP contribution in [0.15, 0.2) is 18.2 Å². The first kappa shape index (κ1) is 12.2. The fourth-order valence-electron chi connectivity index (χ4n) is 1.17. The van der Waals surface area contributed by atoms with Crippen LogP contribution in [0.25, 0.3) is 0 Å². The van der Waals surface area contributed by atoms with Gasteiger partial charge in [-0.15, -0.1) is 0 Å². The standard InChI is InChI=1S/C10H11ClF3N/c1-6(2)15-7-3-4-9(11)8(5-7)10(12,13)14/h3-6,15H,1-2H3. The Morgan fingerprint density at radius 1 is 1.27 bits per heavy atom. The molecule has 0 bridgehead atoms. The molecular formula is C10H11ClF3N. The SMILES string of the molecule is CC(C)Nc1ccc(Cl)c(C(F)(F)F)c1. The van der Waals surface area contributed by atoms with Gasteiger partial charge in [-0.3, -0.25) is 0 Å². The number of hydrogen-bond acceptors (Lipinski definition) is 1. The Labute approximate surface area is 91.2 Å². The maximum Gasteiger partial charge on any atom is 0.417 e. The summed E-state index contributed by atoms with van der Waals surface area (Å²) in [6.07, 6.45) is -4.41. The fraction of sp³-hybridized carbons (Fsp3) is 0.400. The molecule has 0 aliphatic carbocycles. The molecule has 0 aliphatic heterocycles. The molecule has 0 radical (unpaired) electrons. The van der Waals surface area contributed by atoms with Crippen LogP contribution in [-0.2, 0) is 6.18 Å². The summed E-state index contributed by atoms with van der Waals surface area (Å²) < 4.78 is 37.4. The number of hydrogen-bond donors (Lipinski definition) is 1. The van der Waals surface area contributed by atoms with Gasteiger partial charge in [0.2, 0.25) is 0 Å². The predicted molar refractivity (Wildman–Crippen MR) is 55.2 cm³/mol. The summed E-state index contributed by atoms with van der Waals surface area (Å²) in [5.41, 5.74) is -0.392. The van der Waals surface area contributed by atoms with E-state index < -0.39 is 11.7 Å². The molecule has 0 saturated heterocycles. The highest BCUT2D eigenvalue weighted by molar-refractivity contribution is 6.31. The second kappa shape index (κ2) is 4.31. The first-order valence-corrected chi connectivity index (χ1v) is 4.82. The molecule has 0 atom stereocenters. The minimum absolute atomic E-state index is 0.0762. The van der Waals surface area contributed by atoms with Gasteiger partial charge >= 0.3 is 6.18 Å². The molecule has 0 amide bonds. The normalized spacial score (nSPS) is 11.9. The Kier molecular flexibility index (Phi) is 3.50. The van der Waals surface area contributed by atoms with Gasteiger partial charge in [-0.05, 0) is 32.0 Å². The van der Waals surface area contributed by atoms with Crippen LogP contribution in [0.2, 0.25) is 5.02 Å². The lowest BCUT2D eigenvalue weighted by molar-refractivity contribution is -0.137. The van der Waals surface area contributed by atoms with Gasteiger partial charge in [0.15, 0.2) is 0 Å². The van der Waals surface area contributed by atoms with Gasteiger partial charge in [0.05, 0.1) is 10.6 Å². The number of nitrogens with one attached hydrogen (secondary N) is 1. The molecule has 0 fully saturated rings. The summed E-state index contributed by atoms with van der Waals surface area (Å²) in [7, 11) is 0. The number of halogens is 4. The molecule has 84 valence electrons. The summed E-state index contributed by atoms with van der Waals surface area (Å²) in [5.74, 6) is 0. The number of alkyl halides is 3. The van der Waals surface area contributed by atoms with Crippen molar-refractivity contribution in [1.29, 1.82) is 0 Å². The van der Waals surface area contributed by atoms with Crippen molar-refractivity contribution in [2.24, 2.45) is 0 Å². The van der Waals surface area contributed by atoms with E-state index in [0.717, 1.165) is 6.07 Å². The zero-order chi connectivity index (χ0) is 11.6. The summed E-state index contributed by atoms with van der Waals surface area (Å²) in [6.45, 7) is 3.70. The van der Waals surface area contributed by atoms with Crippen molar-refractivity contribution in [2.75, 3.05) is 5.32 Å². The van der Waals surface area contributed by atoms with E-state index in [0.29, 0.717) is 5.69 Å². The molecular weight excluding hydrogens is 227 g/mol. The van der Waals surface area contributed by atoms with Gasteiger partial charge < -0.3 is 5.32 Å². The van der Waals surface area contributed by atoms with Gasteiger partial charge in [-0.1, -0.05) is 11.6 Å². The molecule has 5 heteroatoms. The lowest BCUT2D eigenvalue weighted by Gasteiger charge is -2.14. The minimum Gasteiger partial charge on any atom is -0.383 e. The van der Waals surface area contributed by atoms with Crippen LogP contribution in [0, 0.1) is 0 Å². The van der Waals surface area contributed by atoms with Crippen LogP contribution < -0.4 is 5.32 Å². The molecule has 1 nitrogen and oxygen atoms in total. The maximum absolute atomic E-state index is 12.5. The molecule has 1 rings (SSSR count). The topological polar surface area (TPSA) is 12.0 Å². The summed E-state index contributed by atoms with van der Waals surface area (Å²) in [5, 5.41) is 2.61. The van der Waals surface area contributed by atoms with Crippen molar-refractivity contribution < 1.29 is 13.2 Å². The Bertz CT molecular complexity index is 347.